The molecule has 1 heterocycles. The van der Waals surface area contributed by atoms with Crippen LogP contribution in [0.15, 0.2) is 24.3 Å². The van der Waals surface area contributed by atoms with Crippen molar-refractivity contribution < 1.29 is 13.6 Å². The lowest BCUT2D eigenvalue weighted by Gasteiger charge is -2.34. The molecule has 0 radical (unpaired) electrons. The molecule has 2 amide bonds. The van der Waals surface area contributed by atoms with Gasteiger partial charge in [0.25, 0.3) is 0 Å². The lowest BCUT2D eigenvalue weighted by Crippen LogP contribution is -2.54. The average Bonchev–Trinajstić information content (AvgIpc) is 2.24. The molecule has 5 heteroatoms. The number of rotatable bonds is 2. The van der Waals surface area contributed by atoms with Crippen molar-refractivity contribution in [2.75, 3.05) is 13.1 Å². The van der Waals surface area contributed by atoms with Crippen LogP contribution >= 0.6 is 0 Å². The van der Waals surface area contributed by atoms with Crippen molar-refractivity contribution in [1.29, 1.82) is 0 Å². The van der Waals surface area contributed by atoms with Crippen LogP contribution in [0.2, 0.25) is 0 Å². The molecule has 3 nitrogen and oxygen atoms in total. The van der Waals surface area contributed by atoms with Crippen LogP contribution in [0.25, 0.3) is 0 Å². The topological polar surface area (TPSA) is 32.3 Å². The fourth-order valence-electron chi connectivity index (χ4n) is 1.48. The maximum absolute atomic E-state index is 12.6. The number of alkyl halides is 1. The molecule has 1 aromatic rings. The molecule has 1 fully saturated rings. The molecule has 1 N–H and O–H groups in total. The largest absolute Gasteiger partial charge is 0.334 e. The Hall–Kier alpha value is -1.65. The Morgan fingerprint density at radius 2 is 2.00 bits per heavy atom. The third kappa shape index (κ3) is 2.48. The van der Waals surface area contributed by atoms with Crippen molar-refractivity contribution in [3.8, 4) is 0 Å². The zero-order valence-corrected chi connectivity index (χ0v) is 8.62. The van der Waals surface area contributed by atoms with E-state index in [2.05, 4.69) is 5.32 Å². The molecular formula is C11H12F2N2O. The number of carbonyl (C=O) groups excluding carboxylic acids is 1. The Morgan fingerprint density at radius 3 is 2.56 bits per heavy atom. The summed E-state index contributed by atoms with van der Waals surface area (Å²) in [7, 11) is 0. The first kappa shape index (κ1) is 10.9. The van der Waals surface area contributed by atoms with Gasteiger partial charge in [-0.2, -0.15) is 0 Å². The van der Waals surface area contributed by atoms with Gasteiger partial charge in [-0.3, -0.25) is 0 Å². The lowest BCUT2D eigenvalue weighted by molar-refractivity contribution is 0.0897. The van der Waals surface area contributed by atoms with E-state index in [1.165, 1.54) is 17.0 Å². The summed E-state index contributed by atoms with van der Waals surface area (Å²) < 4.78 is 25.1. The number of hydrogen-bond donors (Lipinski definition) is 1. The third-order valence-corrected chi connectivity index (χ3v) is 2.48. The number of nitrogens with one attached hydrogen (secondary N) is 1. The summed E-state index contributed by atoms with van der Waals surface area (Å²) >= 11 is 0. The summed E-state index contributed by atoms with van der Waals surface area (Å²) in [5.41, 5.74) is 0.812. The van der Waals surface area contributed by atoms with Gasteiger partial charge in [0.05, 0.1) is 13.1 Å². The maximum Gasteiger partial charge on any atom is 0.317 e. The molecule has 16 heavy (non-hydrogen) atoms. The second-order valence-corrected chi connectivity index (χ2v) is 3.79. The highest BCUT2D eigenvalue weighted by atomic mass is 19.1. The fraction of sp³-hybridized carbons (Fsp3) is 0.364. The standard InChI is InChI=1S/C11H12F2N2O/c12-9-3-1-8(2-4-9)5-14-11(16)15-6-10(13)7-15/h1-4,10H,5-7H2,(H,14,16). The minimum Gasteiger partial charge on any atom is -0.334 e. The molecule has 0 bridgehead atoms. The van der Waals surface area contributed by atoms with Crippen molar-refractivity contribution in [2.24, 2.45) is 0 Å². The molecule has 0 spiro atoms. The zero-order chi connectivity index (χ0) is 11.5. The summed E-state index contributed by atoms with van der Waals surface area (Å²) in [5, 5.41) is 2.64. The van der Waals surface area contributed by atoms with E-state index in [1.54, 1.807) is 12.1 Å². The molecule has 0 unspecified atom stereocenters. The Morgan fingerprint density at radius 1 is 1.38 bits per heavy atom. The molecule has 1 saturated heterocycles. The van der Waals surface area contributed by atoms with Crippen molar-refractivity contribution in [3.63, 3.8) is 0 Å². The Kier molecular flexibility index (Phi) is 3.03. The molecule has 86 valence electrons. The second kappa shape index (κ2) is 4.47. The minimum atomic E-state index is -0.892. The van der Waals surface area contributed by atoms with E-state index >= 15 is 0 Å². The maximum atomic E-state index is 12.6. The summed E-state index contributed by atoms with van der Waals surface area (Å²) in [6, 6.07) is 5.59. The normalized spacial score (nSPS) is 15.8. The van der Waals surface area contributed by atoms with Crippen LogP contribution in [0.3, 0.4) is 0 Å². The lowest BCUT2D eigenvalue weighted by atomic mass is 10.2. The first-order valence-corrected chi connectivity index (χ1v) is 5.06. The SMILES string of the molecule is O=C(NCc1ccc(F)cc1)N1CC(F)C1. The fourth-order valence-corrected chi connectivity index (χ4v) is 1.48. The Balaban J connectivity index is 1.79. The molecule has 0 saturated carbocycles. The van der Waals surface area contributed by atoms with Gasteiger partial charge in [-0.05, 0) is 17.7 Å². The molecule has 0 aromatic heterocycles. The predicted molar refractivity (Wildman–Crippen MR) is 55.1 cm³/mol. The van der Waals surface area contributed by atoms with Crippen LogP contribution in [-0.2, 0) is 6.54 Å². The molecule has 0 atom stereocenters. The van der Waals surface area contributed by atoms with Crippen molar-refractivity contribution in [1.82, 2.24) is 10.2 Å². The van der Waals surface area contributed by atoms with Gasteiger partial charge in [-0.15, -0.1) is 0 Å². The van der Waals surface area contributed by atoms with Gasteiger partial charge in [-0.1, -0.05) is 12.1 Å². The Labute approximate surface area is 92.1 Å². The smallest absolute Gasteiger partial charge is 0.317 e. The summed E-state index contributed by atoms with van der Waals surface area (Å²) in [6.45, 7) is 0.650. The highest BCUT2D eigenvalue weighted by Crippen LogP contribution is 2.11. The summed E-state index contributed by atoms with van der Waals surface area (Å²) in [4.78, 5) is 12.8. The van der Waals surface area contributed by atoms with Crippen LogP contribution < -0.4 is 5.32 Å². The van der Waals surface area contributed by atoms with E-state index < -0.39 is 6.17 Å². The highest BCUT2D eigenvalue weighted by Gasteiger charge is 2.29. The molecule has 1 aliphatic rings. The van der Waals surface area contributed by atoms with Gasteiger partial charge < -0.3 is 10.2 Å². The van der Waals surface area contributed by atoms with Crippen LogP contribution in [0, 0.1) is 5.82 Å². The summed E-state index contributed by atoms with van der Waals surface area (Å²) in [5.74, 6) is -0.307. The number of amides is 2. The van der Waals surface area contributed by atoms with Gasteiger partial charge in [-0.25, -0.2) is 13.6 Å². The quantitative estimate of drug-likeness (QED) is 0.817. The van der Waals surface area contributed by atoms with Crippen molar-refractivity contribution >= 4 is 6.03 Å². The van der Waals surface area contributed by atoms with E-state index in [4.69, 9.17) is 0 Å². The van der Waals surface area contributed by atoms with Crippen LogP contribution in [0.4, 0.5) is 13.6 Å². The van der Waals surface area contributed by atoms with Crippen molar-refractivity contribution in [3.05, 3.63) is 35.6 Å². The number of hydrogen-bond acceptors (Lipinski definition) is 1. The van der Waals surface area contributed by atoms with E-state index in [-0.39, 0.29) is 24.9 Å². The number of likely N-dealkylation sites (tertiary alicyclic amines) is 1. The Bertz CT molecular complexity index is 374. The van der Waals surface area contributed by atoms with E-state index in [0.29, 0.717) is 6.54 Å². The highest BCUT2D eigenvalue weighted by molar-refractivity contribution is 5.75. The zero-order valence-electron chi connectivity index (χ0n) is 8.62. The number of carbonyl (C=O) groups is 1. The summed E-state index contributed by atoms with van der Waals surface area (Å²) in [6.07, 6.45) is -0.892. The van der Waals surface area contributed by atoms with E-state index in [0.717, 1.165) is 5.56 Å². The number of halogens is 2. The first-order chi connectivity index (χ1) is 7.65. The van der Waals surface area contributed by atoms with Gasteiger partial charge in [0.2, 0.25) is 0 Å². The molecule has 1 aromatic carbocycles. The molecule has 1 aliphatic heterocycles. The number of urea groups is 1. The van der Waals surface area contributed by atoms with Gasteiger partial charge in [0, 0.05) is 6.54 Å². The average molecular weight is 226 g/mol. The predicted octanol–water partition coefficient (Wildman–Crippen LogP) is 1.69. The van der Waals surface area contributed by atoms with Crippen molar-refractivity contribution in [2.45, 2.75) is 12.7 Å². The molecular weight excluding hydrogens is 214 g/mol. The molecule has 2 rings (SSSR count). The van der Waals surface area contributed by atoms with E-state index in [9.17, 15) is 13.6 Å². The van der Waals surface area contributed by atoms with Crippen LogP contribution in [-0.4, -0.2) is 30.2 Å². The monoisotopic (exact) mass is 226 g/mol. The number of benzene rings is 1. The number of nitrogens with zero attached hydrogens (tertiary/aromatic N) is 1. The first-order valence-electron chi connectivity index (χ1n) is 5.06. The van der Waals surface area contributed by atoms with Crippen LogP contribution in [0.5, 0.6) is 0 Å². The van der Waals surface area contributed by atoms with E-state index in [1.807, 2.05) is 0 Å². The minimum absolute atomic E-state index is 0.162. The van der Waals surface area contributed by atoms with Gasteiger partial charge in [0.1, 0.15) is 12.0 Å². The second-order valence-electron chi connectivity index (χ2n) is 3.79. The third-order valence-electron chi connectivity index (χ3n) is 2.48. The van der Waals surface area contributed by atoms with Gasteiger partial charge >= 0.3 is 6.03 Å². The molecule has 0 aliphatic carbocycles. The van der Waals surface area contributed by atoms with Crippen LogP contribution in [0.1, 0.15) is 5.56 Å². The van der Waals surface area contributed by atoms with Gasteiger partial charge in [0.15, 0.2) is 0 Å².